The van der Waals surface area contributed by atoms with Crippen LogP contribution in [0.3, 0.4) is 0 Å². The van der Waals surface area contributed by atoms with Crippen molar-refractivity contribution in [2.24, 2.45) is 12.5 Å². The molecule has 37 heavy (non-hydrogen) atoms. The zero-order valence-corrected chi connectivity index (χ0v) is 25.0. The summed E-state index contributed by atoms with van der Waals surface area (Å²) in [4.78, 5) is 0. The summed E-state index contributed by atoms with van der Waals surface area (Å²) >= 11 is 0. The molecule has 0 aliphatic rings. The van der Waals surface area contributed by atoms with Gasteiger partial charge in [0.2, 0.25) is 11.2 Å². The second-order valence-corrected chi connectivity index (χ2v) is 18.1. The molecular formula is C33H39FNOSi+. The maximum atomic E-state index is 14.1. The Hall–Kier alpha value is -2.98. The fourth-order valence-electron chi connectivity index (χ4n) is 5.88. The number of pyridine rings is 1. The maximum absolute atomic E-state index is 14.1. The van der Waals surface area contributed by atoms with Gasteiger partial charge in [0.25, 0.3) is 0 Å². The Balaban J connectivity index is 1.92. The number of hydrogen-bond acceptors (Lipinski definition) is 1. The molecule has 0 aliphatic carbocycles. The third kappa shape index (κ3) is 4.39. The van der Waals surface area contributed by atoms with E-state index < -0.39 is 8.07 Å². The van der Waals surface area contributed by atoms with E-state index in [9.17, 15) is 4.39 Å². The smallest absolute Gasteiger partial charge is 0.217 e. The number of halogens is 1. The molecule has 0 spiro atoms. The normalized spacial score (nSPS) is 12.8. The summed E-state index contributed by atoms with van der Waals surface area (Å²) in [5.74, 6) is -0.279. The zero-order valence-electron chi connectivity index (χ0n) is 24.0. The predicted molar refractivity (Wildman–Crippen MR) is 158 cm³/mol. The summed E-state index contributed by atoms with van der Waals surface area (Å²) in [5, 5.41) is 4.86. The molecule has 0 fully saturated rings. The SMILES string of the molecule is Cc1cc2c(cc1[Si](C)(C)C)c(CC(C)(C)C)cc(-c1c(C)c(C)cc3c1oc1cc(F)ccc13)[n+]2C. The van der Waals surface area contributed by atoms with Crippen LogP contribution in [0.2, 0.25) is 19.6 Å². The number of fused-ring (bicyclic) bond motifs is 4. The van der Waals surface area contributed by atoms with Crippen LogP contribution in [-0.4, -0.2) is 8.07 Å². The Morgan fingerprint density at radius 3 is 2.22 bits per heavy atom. The predicted octanol–water partition coefficient (Wildman–Crippen LogP) is 8.43. The molecule has 0 aliphatic heterocycles. The highest BCUT2D eigenvalue weighted by Crippen LogP contribution is 2.40. The van der Waals surface area contributed by atoms with Crippen molar-refractivity contribution in [3.63, 3.8) is 0 Å². The molecule has 2 heterocycles. The van der Waals surface area contributed by atoms with Gasteiger partial charge in [-0.15, -0.1) is 0 Å². The molecule has 0 N–H and O–H groups in total. The van der Waals surface area contributed by atoms with Crippen molar-refractivity contribution < 1.29 is 13.4 Å². The number of hydrogen-bond donors (Lipinski definition) is 0. The Morgan fingerprint density at radius 1 is 0.865 bits per heavy atom. The van der Waals surface area contributed by atoms with Crippen LogP contribution in [0.1, 0.15) is 43.0 Å². The van der Waals surface area contributed by atoms with E-state index in [0.29, 0.717) is 5.58 Å². The van der Waals surface area contributed by atoms with E-state index in [2.05, 4.69) is 97.1 Å². The Morgan fingerprint density at radius 2 is 1.57 bits per heavy atom. The fourth-order valence-corrected chi connectivity index (χ4v) is 7.71. The highest BCUT2D eigenvalue weighted by atomic mass is 28.3. The lowest BCUT2D eigenvalue weighted by atomic mass is 9.85. The van der Waals surface area contributed by atoms with E-state index in [1.807, 2.05) is 6.07 Å². The number of benzene rings is 3. The average Bonchev–Trinajstić information content (AvgIpc) is 3.11. The summed E-state index contributed by atoms with van der Waals surface area (Å²) in [6, 6.07) is 14.3. The number of furan rings is 1. The van der Waals surface area contributed by atoms with Gasteiger partial charge < -0.3 is 4.42 Å². The van der Waals surface area contributed by atoms with Crippen LogP contribution in [0, 0.1) is 32.0 Å². The van der Waals surface area contributed by atoms with Crippen LogP contribution in [-0.2, 0) is 13.5 Å². The standard InChI is InChI=1S/C33H39FNOSi/c1-19-13-26-24-12-11-23(34)16-29(24)36-32(26)31(21(19)3)28-15-22(18-33(4,5)6)25-17-30(37(8,9)10)20(2)14-27(25)35(28)7/h11-17H,18H2,1-10H3/q+1. The van der Waals surface area contributed by atoms with Crippen LogP contribution in [0.15, 0.2) is 46.9 Å². The lowest BCUT2D eigenvalue weighted by Gasteiger charge is -2.23. The minimum absolute atomic E-state index is 0.141. The molecule has 0 saturated carbocycles. The van der Waals surface area contributed by atoms with Gasteiger partial charge in [-0.1, -0.05) is 45.6 Å². The second kappa shape index (κ2) is 8.52. The van der Waals surface area contributed by atoms with Gasteiger partial charge >= 0.3 is 0 Å². The monoisotopic (exact) mass is 512 g/mol. The van der Waals surface area contributed by atoms with Crippen molar-refractivity contribution in [1.29, 1.82) is 0 Å². The van der Waals surface area contributed by atoms with Crippen LogP contribution in [0.5, 0.6) is 0 Å². The van der Waals surface area contributed by atoms with Crippen LogP contribution in [0.25, 0.3) is 44.1 Å². The number of aryl methyl sites for hydroxylation is 3. The number of rotatable bonds is 3. The van der Waals surface area contributed by atoms with Crippen LogP contribution < -0.4 is 9.75 Å². The number of nitrogens with zero attached hydrogens (tertiary/aromatic N) is 1. The molecule has 2 aromatic heterocycles. The van der Waals surface area contributed by atoms with E-state index in [0.717, 1.165) is 34.0 Å². The maximum Gasteiger partial charge on any atom is 0.217 e. The topological polar surface area (TPSA) is 17.0 Å². The summed E-state index contributed by atoms with van der Waals surface area (Å²) in [7, 11) is 0.666. The van der Waals surface area contributed by atoms with Gasteiger partial charge in [0.15, 0.2) is 0 Å². The van der Waals surface area contributed by atoms with Crippen LogP contribution in [0.4, 0.5) is 4.39 Å². The molecule has 0 atom stereocenters. The fraction of sp³-hybridized carbons (Fsp3) is 0.364. The van der Waals surface area contributed by atoms with E-state index in [1.165, 1.54) is 50.5 Å². The van der Waals surface area contributed by atoms with Gasteiger partial charge in [0.05, 0.1) is 13.6 Å². The zero-order chi connectivity index (χ0) is 27.0. The minimum atomic E-state index is -1.50. The first kappa shape index (κ1) is 25.7. The van der Waals surface area contributed by atoms with E-state index in [1.54, 1.807) is 0 Å². The highest BCUT2D eigenvalue weighted by molar-refractivity contribution is 6.89. The molecule has 4 heteroatoms. The molecule has 0 unspecified atom stereocenters. The first-order chi connectivity index (χ1) is 17.2. The van der Waals surface area contributed by atoms with Gasteiger partial charge in [-0.05, 0) is 79.1 Å². The first-order valence-corrected chi connectivity index (χ1v) is 16.7. The second-order valence-electron chi connectivity index (χ2n) is 13.1. The lowest BCUT2D eigenvalue weighted by Crippen LogP contribution is -2.41. The Labute approximate surface area is 221 Å². The molecule has 0 amide bonds. The van der Waals surface area contributed by atoms with Crippen molar-refractivity contribution in [2.45, 2.75) is 67.6 Å². The Kier molecular flexibility index (Phi) is 5.91. The average molecular weight is 513 g/mol. The summed E-state index contributed by atoms with van der Waals surface area (Å²) in [5.41, 5.74) is 10.2. The summed E-state index contributed by atoms with van der Waals surface area (Å²) in [6.45, 7) is 20.8. The largest absolute Gasteiger partial charge is 0.455 e. The van der Waals surface area contributed by atoms with Gasteiger partial charge in [-0.25, -0.2) is 4.39 Å². The van der Waals surface area contributed by atoms with Gasteiger partial charge in [0.1, 0.15) is 24.0 Å². The van der Waals surface area contributed by atoms with Gasteiger partial charge in [-0.2, -0.15) is 4.57 Å². The first-order valence-electron chi connectivity index (χ1n) is 13.2. The van der Waals surface area contributed by atoms with Gasteiger partial charge in [0, 0.05) is 34.4 Å². The van der Waals surface area contributed by atoms with Crippen molar-refractivity contribution in [1.82, 2.24) is 0 Å². The molecule has 0 saturated heterocycles. The van der Waals surface area contributed by atoms with Crippen LogP contribution >= 0.6 is 0 Å². The lowest BCUT2D eigenvalue weighted by molar-refractivity contribution is -0.633. The molecule has 0 radical (unpaired) electrons. The summed E-state index contributed by atoms with van der Waals surface area (Å²) < 4.78 is 22.8. The third-order valence-corrected chi connectivity index (χ3v) is 9.91. The minimum Gasteiger partial charge on any atom is -0.455 e. The van der Waals surface area contributed by atoms with Crippen molar-refractivity contribution >= 4 is 46.1 Å². The van der Waals surface area contributed by atoms with Crippen molar-refractivity contribution in [2.75, 3.05) is 0 Å². The quantitative estimate of drug-likeness (QED) is 0.175. The Bertz CT molecular complexity index is 1710. The van der Waals surface area contributed by atoms with E-state index >= 15 is 0 Å². The third-order valence-electron chi connectivity index (χ3n) is 7.75. The highest BCUT2D eigenvalue weighted by Gasteiger charge is 2.29. The number of aromatic nitrogens is 1. The summed E-state index contributed by atoms with van der Waals surface area (Å²) in [6.07, 6.45) is 0.977. The molecule has 5 aromatic rings. The molecular weight excluding hydrogens is 473 g/mol. The van der Waals surface area contributed by atoms with E-state index in [4.69, 9.17) is 4.42 Å². The molecule has 3 aromatic carbocycles. The van der Waals surface area contributed by atoms with Gasteiger partial charge in [-0.3, -0.25) is 0 Å². The van der Waals surface area contributed by atoms with E-state index in [-0.39, 0.29) is 11.2 Å². The molecule has 192 valence electrons. The molecule has 0 bridgehead atoms. The van der Waals surface area contributed by atoms with Crippen molar-refractivity contribution in [3.8, 4) is 11.3 Å². The van der Waals surface area contributed by atoms with Crippen molar-refractivity contribution in [3.05, 3.63) is 70.5 Å². The molecule has 2 nitrogen and oxygen atoms in total. The molecule has 5 rings (SSSR count).